The second-order valence-electron chi connectivity index (χ2n) is 4.68. The van der Waals surface area contributed by atoms with Crippen LogP contribution in [0.15, 0.2) is 29.6 Å². The maximum Gasteiger partial charge on any atom is 0.122 e. The first-order chi connectivity index (χ1) is 8.61. The maximum absolute atomic E-state index is 9.48. The van der Waals surface area contributed by atoms with Crippen LogP contribution in [0.25, 0.3) is 11.3 Å². The van der Waals surface area contributed by atoms with Crippen LogP contribution in [0.5, 0.6) is 0 Å². The molecule has 0 bridgehead atoms. The fourth-order valence-electron chi connectivity index (χ4n) is 1.83. The zero-order valence-electron chi connectivity index (χ0n) is 11.1. The van der Waals surface area contributed by atoms with E-state index in [4.69, 9.17) is 0 Å². The Bertz CT molecular complexity index is 501. The number of aliphatic hydroxyl groups is 1. The lowest BCUT2D eigenvalue weighted by molar-refractivity contribution is 0.199. The largest absolute Gasteiger partial charge is 0.386 e. The lowest BCUT2D eigenvalue weighted by Crippen LogP contribution is -1.91. The predicted molar refractivity (Wildman–Crippen MR) is 76.9 cm³/mol. The molecule has 0 spiro atoms. The predicted octanol–water partition coefficient (Wildman–Crippen LogP) is 4.38. The zero-order chi connectivity index (χ0) is 13.1. The molecule has 3 heteroatoms. The van der Waals surface area contributed by atoms with Crippen LogP contribution in [-0.2, 0) is 0 Å². The van der Waals surface area contributed by atoms with Crippen molar-refractivity contribution in [2.75, 3.05) is 0 Å². The van der Waals surface area contributed by atoms with Crippen molar-refractivity contribution < 1.29 is 5.11 Å². The first-order valence-electron chi connectivity index (χ1n) is 6.35. The van der Waals surface area contributed by atoms with Gasteiger partial charge < -0.3 is 5.11 Å². The minimum absolute atomic E-state index is 0.483. The van der Waals surface area contributed by atoms with E-state index in [1.807, 2.05) is 5.38 Å². The molecule has 2 nitrogen and oxygen atoms in total. The molecule has 0 amide bonds. The van der Waals surface area contributed by atoms with Gasteiger partial charge in [-0.1, -0.05) is 38.1 Å². The molecule has 2 unspecified atom stereocenters. The van der Waals surface area contributed by atoms with Gasteiger partial charge in [0.15, 0.2) is 0 Å². The average Bonchev–Trinajstić information content (AvgIpc) is 2.88. The molecule has 2 atom stereocenters. The number of benzene rings is 1. The van der Waals surface area contributed by atoms with E-state index in [0.29, 0.717) is 5.92 Å². The highest BCUT2D eigenvalue weighted by Crippen LogP contribution is 2.27. The third-order valence-electron chi connectivity index (χ3n) is 3.27. The summed E-state index contributed by atoms with van der Waals surface area (Å²) < 4.78 is 0. The molecule has 1 N–H and O–H groups in total. The topological polar surface area (TPSA) is 33.1 Å². The lowest BCUT2D eigenvalue weighted by atomic mass is 9.97. The molecule has 18 heavy (non-hydrogen) atoms. The van der Waals surface area contributed by atoms with Crippen LogP contribution >= 0.6 is 11.3 Å². The summed E-state index contributed by atoms with van der Waals surface area (Å²) >= 11 is 1.51. The van der Waals surface area contributed by atoms with E-state index in [-0.39, 0.29) is 0 Å². The number of rotatable bonds is 4. The van der Waals surface area contributed by atoms with E-state index in [2.05, 4.69) is 43.1 Å². The van der Waals surface area contributed by atoms with Crippen molar-refractivity contribution in [3.05, 3.63) is 40.2 Å². The molecular weight excluding hydrogens is 242 g/mol. The Morgan fingerprint density at radius 1 is 1.22 bits per heavy atom. The Hall–Kier alpha value is -1.19. The van der Waals surface area contributed by atoms with E-state index < -0.39 is 6.10 Å². The average molecular weight is 261 g/mol. The van der Waals surface area contributed by atoms with Crippen molar-refractivity contribution in [1.82, 2.24) is 4.98 Å². The maximum atomic E-state index is 9.48. The molecule has 1 heterocycles. The van der Waals surface area contributed by atoms with Crippen molar-refractivity contribution in [3.63, 3.8) is 0 Å². The minimum Gasteiger partial charge on any atom is -0.386 e. The van der Waals surface area contributed by atoms with Crippen molar-refractivity contribution in [3.8, 4) is 11.3 Å². The number of nitrogens with zero attached hydrogens (tertiary/aromatic N) is 1. The fraction of sp³-hybridized carbons (Fsp3) is 0.400. The van der Waals surface area contributed by atoms with Gasteiger partial charge in [-0.25, -0.2) is 4.98 Å². The highest BCUT2D eigenvalue weighted by atomic mass is 32.1. The van der Waals surface area contributed by atoms with Crippen molar-refractivity contribution >= 4 is 11.3 Å². The molecule has 0 radical (unpaired) electrons. The second kappa shape index (κ2) is 5.63. The summed E-state index contributed by atoms with van der Waals surface area (Å²) in [5, 5.41) is 12.3. The SMILES string of the molecule is CCC(C)c1ccc(-c2csc(C(C)O)n2)cc1. The number of hydrogen-bond donors (Lipinski definition) is 1. The monoisotopic (exact) mass is 261 g/mol. The number of aromatic nitrogens is 1. The zero-order valence-corrected chi connectivity index (χ0v) is 11.9. The first kappa shape index (κ1) is 13.2. The van der Waals surface area contributed by atoms with Crippen molar-refractivity contribution in [1.29, 1.82) is 0 Å². The lowest BCUT2D eigenvalue weighted by Gasteiger charge is -2.08. The fourth-order valence-corrected chi connectivity index (χ4v) is 2.60. The van der Waals surface area contributed by atoms with Crippen LogP contribution < -0.4 is 0 Å². The summed E-state index contributed by atoms with van der Waals surface area (Å²) in [6.45, 7) is 6.19. The van der Waals surface area contributed by atoms with Gasteiger partial charge in [-0.05, 0) is 24.8 Å². The molecule has 0 aliphatic heterocycles. The summed E-state index contributed by atoms with van der Waals surface area (Å²) in [5.41, 5.74) is 3.43. The molecule has 0 saturated heterocycles. The molecule has 0 aliphatic carbocycles. The van der Waals surface area contributed by atoms with Gasteiger partial charge in [-0.3, -0.25) is 0 Å². The Balaban J connectivity index is 2.23. The quantitative estimate of drug-likeness (QED) is 0.886. The van der Waals surface area contributed by atoms with Gasteiger partial charge in [-0.15, -0.1) is 11.3 Å². The summed E-state index contributed by atoms with van der Waals surface area (Å²) in [5.74, 6) is 0.600. The Labute approximate surface area is 112 Å². The number of hydrogen-bond acceptors (Lipinski definition) is 3. The van der Waals surface area contributed by atoms with E-state index >= 15 is 0 Å². The van der Waals surface area contributed by atoms with Gasteiger partial charge >= 0.3 is 0 Å². The molecule has 1 aromatic carbocycles. The van der Waals surface area contributed by atoms with Gasteiger partial charge in [0, 0.05) is 10.9 Å². The molecular formula is C15H19NOS. The van der Waals surface area contributed by atoms with Gasteiger partial charge in [0.1, 0.15) is 11.1 Å². The van der Waals surface area contributed by atoms with Crippen LogP contribution in [0.1, 0.15) is 49.8 Å². The molecule has 0 aliphatic rings. The minimum atomic E-state index is -0.483. The smallest absolute Gasteiger partial charge is 0.122 e. The number of thiazole rings is 1. The standard InChI is InChI=1S/C15H19NOS/c1-4-10(2)12-5-7-13(8-6-12)14-9-18-15(16-14)11(3)17/h5-11,17H,4H2,1-3H3. The first-order valence-corrected chi connectivity index (χ1v) is 7.23. The van der Waals surface area contributed by atoms with Crippen LogP contribution in [0.3, 0.4) is 0 Å². The Morgan fingerprint density at radius 2 is 1.89 bits per heavy atom. The number of aliphatic hydroxyl groups excluding tert-OH is 1. The van der Waals surface area contributed by atoms with Gasteiger partial charge in [0.25, 0.3) is 0 Å². The molecule has 2 rings (SSSR count). The van der Waals surface area contributed by atoms with Crippen molar-refractivity contribution in [2.24, 2.45) is 0 Å². The third kappa shape index (κ3) is 2.79. The van der Waals surface area contributed by atoms with Crippen LogP contribution in [0, 0.1) is 0 Å². The van der Waals surface area contributed by atoms with Crippen LogP contribution in [-0.4, -0.2) is 10.1 Å². The normalized spacial score (nSPS) is 14.4. The Morgan fingerprint density at radius 3 is 2.39 bits per heavy atom. The van der Waals surface area contributed by atoms with E-state index in [9.17, 15) is 5.11 Å². The van der Waals surface area contributed by atoms with Crippen LogP contribution in [0.4, 0.5) is 0 Å². The Kier molecular flexibility index (Phi) is 4.15. The molecule has 1 aromatic heterocycles. The molecule has 2 aromatic rings. The van der Waals surface area contributed by atoms with Crippen molar-refractivity contribution in [2.45, 2.75) is 39.2 Å². The van der Waals surface area contributed by atoms with Gasteiger partial charge in [0.2, 0.25) is 0 Å². The van der Waals surface area contributed by atoms with Gasteiger partial charge in [0.05, 0.1) is 5.69 Å². The van der Waals surface area contributed by atoms with Gasteiger partial charge in [-0.2, -0.15) is 0 Å². The highest BCUT2D eigenvalue weighted by Gasteiger charge is 2.09. The summed E-state index contributed by atoms with van der Waals surface area (Å²) in [4.78, 5) is 4.44. The molecule has 0 fully saturated rings. The van der Waals surface area contributed by atoms with E-state index in [0.717, 1.165) is 22.7 Å². The summed E-state index contributed by atoms with van der Waals surface area (Å²) in [6.07, 6.45) is 0.672. The third-order valence-corrected chi connectivity index (χ3v) is 4.28. The summed E-state index contributed by atoms with van der Waals surface area (Å²) in [6, 6.07) is 8.57. The van der Waals surface area contributed by atoms with Crippen LogP contribution in [0.2, 0.25) is 0 Å². The highest BCUT2D eigenvalue weighted by molar-refractivity contribution is 7.10. The molecule has 96 valence electrons. The summed E-state index contributed by atoms with van der Waals surface area (Å²) in [7, 11) is 0. The van der Waals surface area contributed by atoms with E-state index in [1.165, 1.54) is 16.9 Å². The molecule has 0 saturated carbocycles. The second-order valence-corrected chi connectivity index (χ2v) is 5.57. The van der Waals surface area contributed by atoms with E-state index in [1.54, 1.807) is 6.92 Å².